The molecule has 1 aromatic heterocycles. The maximum absolute atomic E-state index is 13.0. The maximum Gasteiger partial charge on any atom is 0.256 e. The van der Waals surface area contributed by atoms with Crippen LogP contribution in [0.5, 0.6) is 0 Å². The van der Waals surface area contributed by atoms with E-state index in [-0.39, 0.29) is 5.91 Å². The number of fused-ring (bicyclic) bond motifs is 2. The lowest BCUT2D eigenvalue weighted by Crippen LogP contribution is -2.12. The molecule has 1 aliphatic carbocycles. The number of anilines is 1. The SMILES string of the molecule is CC1CCc2c(sc(NC(=O)c3cccc4c(Br)cccc34)c2C#N)C1. The molecule has 3 nitrogen and oxygen atoms in total. The van der Waals surface area contributed by atoms with Gasteiger partial charge in [0, 0.05) is 14.9 Å². The van der Waals surface area contributed by atoms with Crippen molar-refractivity contribution in [2.45, 2.75) is 26.2 Å². The van der Waals surface area contributed by atoms with Crippen molar-refractivity contribution in [2.24, 2.45) is 5.92 Å². The molecule has 5 heteroatoms. The molecule has 0 saturated heterocycles. The maximum atomic E-state index is 13.0. The third-order valence-electron chi connectivity index (χ3n) is 4.96. The van der Waals surface area contributed by atoms with E-state index in [0.717, 1.165) is 40.1 Å². The van der Waals surface area contributed by atoms with E-state index in [1.807, 2.05) is 36.4 Å². The predicted octanol–water partition coefficient (Wildman–Crippen LogP) is 5.91. The van der Waals surface area contributed by atoms with E-state index < -0.39 is 0 Å². The number of halogens is 1. The molecule has 0 saturated carbocycles. The standard InChI is InChI=1S/C21H17BrN2OS/c1-12-8-9-15-17(11-23)21(26-19(15)10-12)24-20(25)16-6-2-5-14-13(16)4-3-7-18(14)22/h2-7,12H,8-10H2,1H3,(H,24,25). The van der Waals surface area contributed by atoms with Crippen molar-refractivity contribution in [3.05, 3.63) is 62.4 Å². The molecular weight excluding hydrogens is 408 g/mol. The summed E-state index contributed by atoms with van der Waals surface area (Å²) >= 11 is 5.10. The van der Waals surface area contributed by atoms with E-state index >= 15 is 0 Å². The molecule has 0 aliphatic heterocycles. The highest BCUT2D eigenvalue weighted by atomic mass is 79.9. The van der Waals surface area contributed by atoms with Crippen LogP contribution < -0.4 is 5.32 Å². The molecule has 0 radical (unpaired) electrons. The molecule has 1 aliphatic rings. The normalized spacial score (nSPS) is 16.1. The first-order chi connectivity index (χ1) is 12.6. The predicted molar refractivity (Wildman–Crippen MR) is 110 cm³/mol. The smallest absolute Gasteiger partial charge is 0.256 e. The van der Waals surface area contributed by atoms with Crippen molar-refractivity contribution < 1.29 is 4.79 Å². The molecule has 130 valence electrons. The number of carbonyl (C=O) groups is 1. The zero-order chi connectivity index (χ0) is 18.3. The molecule has 0 spiro atoms. The Bertz CT molecular complexity index is 1060. The van der Waals surface area contributed by atoms with Crippen molar-refractivity contribution >= 4 is 48.9 Å². The van der Waals surface area contributed by atoms with Gasteiger partial charge in [-0.1, -0.05) is 47.1 Å². The molecule has 1 unspecified atom stereocenters. The van der Waals surface area contributed by atoms with E-state index in [1.54, 1.807) is 11.3 Å². The van der Waals surface area contributed by atoms with Crippen LogP contribution in [0.25, 0.3) is 10.8 Å². The number of nitriles is 1. The van der Waals surface area contributed by atoms with Gasteiger partial charge in [-0.3, -0.25) is 4.79 Å². The van der Waals surface area contributed by atoms with Crippen LogP contribution in [-0.4, -0.2) is 5.91 Å². The summed E-state index contributed by atoms with van der Waals surface area (Å²) in [5, 5.41) is 15.2. The highest BCUT2D eigenvalue weighted by Crippen LogP contribution is 2.39. The summed E-state index contributed by atoms with van der Waals surface area (Å²) in [5.41, 5.74) is 2.39. The van der Waals surface area contributed by atoms with Gasteiger partial charge < -0.3 is 5.32 Å². The Morgan fingerprint density at radius 2 is 2.04 bits per heavy atom. The molecule has 1 heterocycles. The molecule has 1 amide bonds. The third-order valence-corrected chi connectivity index (χ3v) is 6.83. The lowest BCUT2D eigenvalue weighted by atomic mass is 9.88. The summed E-state index contributed by atoms with van der Waals surface area (Å²) in [6, 6.07) is 13.8. The first-order valence-electron chi connectivity index (χ1n) is 8.61. The molecule has 3 aromatic rings. The van der Waals surface area contributed by atoms with Gasteiger partial charge in [0.05, 0.1) is 5.56 Å². The van der Waals surface area contributed by atoms with Crippen molar-refractivity contribution in [1.29, 1.82) is 5.26 Å². The van der Waals surface area contributed by atoms with E-state index in [2.05, 4.69) is 34.2 Å². The number of nitrogens with one attached hydrogen (secondary N) is 1. The number of benzene rings is 2. The van der Waals surface area contributed by atoms with Crippen LogP contribution >= 0.6 is 27.3 Å². The number of carbonyl (C=O) groups excluding carboxylic acids is 1. The molecule has 1 atom stereocenters. The monoisotopic (exact) mass is 424 g/mol. The van der Waals surface area contributed by atoms with Crippen LogP contribution in [0.4, 0.5) is 5.00 Å². The van der Waals surface area contributed by atoms with Crippen molar-refractivity contribution in [1.82, 2.24) is 0 Å². The fourth-order valence-corrected chi connectivity index (χ4v) is 5.45. The number of thiophene rings is 1. The Hall–Kier alpha value is -2.16. The minimum atomic E-state index is -0.170. The van der Waals surface area contributed by atoms with Gasteiger partial charge in [0.25, 0.3) is 5.91 Å². The largest absolute Gasteiger partial charge is 0.312 e. The van der Waals surface area contributed by atoms with Crippen LogP contribution in [0, 0.1) is 17.2 Å². The summed E-state index contributed by atoms with van der Waals surface area (Å²) in [5.74, 6) is 0.462. The first-order valence-corrected chi connectivity index (χ1v) is 10.2. The number of hydrogen-bond donors (Lipinski definition) is 1. The molecular formula is C21H17BrN2OS. The van der Waals surface area contributed by atoms with Gasteiger partial charge in [-0.25, -0.2) is 0 Å². The highest BCUT2D eigenvalue weighted by Gasteiger charge is 2.25. The number of hydrogen-bond acceptors (Lipinski definition) is 3. The van der Waals surface area contributed by atoms with Gasteiger partial charge in [-0.2, -0.15) is 5.26 Å². The Morgan fingerprint density at radius 3 is 2.85 bits per heavy atom. The van der Waals surface area contributed by atoms with Crippen LogP contribution in [-0.2, 0) is 12.8 Å². The average Bonchev–Trinajstić information content (AvgIpc) is 2.97. The second-order valence-electron chi connectivity index (χ2n) is 6.76. The Labute approximate surface area is 164 Å². The summed E-state index contributed by atoms with van der Waals surface area (Å²) in [7, 11) is 0. The molecule has 0 fully saturated rings. The Kier molecular flexibility index (Phi) is 4.56. The molecule has 0 bridgehead atoms. The van der Waals surface area contributed by atoms with Gasteiger partial charge in [-0.15, -0.1) is 11.3 Å². The van der Waals surface area contributed by atoms with Crippen LogP contribution in [0.1, 0.15) is 39.7 Å². The van der Waals surface area contributed by atoms with Crippen molar-refractivity contribution in [3.63, 3.8) is 0 Å². The van der Waals surface area contributed by atoms with E-state index in [9.17, 15) is 10.1 Å². The average molecular weight is 425 g/mol. The lowest BCUT2D eigenvalue weighted by Gasteiger charge is -2.17. The van der Waals surface area contributed by atoms with Crippen LogP contribution in [0.15, 0.2) is 40.9 Å². The number of nitrogens with zero attached hydrogens (tertiary/aromatic N) is 1. The second kappa shape index (κ2) is 6.86. The number of rotatable bonds is 2. The van der Waals surface area contributed by atoms with E-state index in [1.165, 1.54) is 4.88 Å². The molecule has 2 aromatic carbocycles. The molecule has 1 N–H and O–H groups in total. The lowest BCUT2D eigenvalue weighted by molar-refractivity contribution is 0.102. The number of amides is 1. The molecule has 4 rings (SSSR count). The second-order valence-corrected chi connectivity index (χ2v) is 8.72. The Morgan fingerprint density at radius 1 is 1.27 bits per heavy atom. The summed E-state index contributed by atoms with van der Waals surface area (Å²) in [6.45, 7) is 2.24. The van der Waals surface area contributed by atoms with Crippen LogP contribution in [0.2, 0.25) is 0 Å². The quantitative estimate of drug-likeness (QED) is 0.555. The molecule has 26 heavy (non-hydrogen) atoms. The van der Waals surface area contributed by atoms with Gasteiger partial charge >= 0.3 is 0 Å². The first kappa shape index (κ1) is 17.3. The highest BCUT2D eigenvalue weighted by molar-refractivity contribution is 9.10. The summed E-state index contributed by atoms with van der Waals surface area (Å²) in [6.07, 6.45) is 3.02. The van der Waals surface area contributed by atoms with E-state index in [0.29, 0.717) is 22.0 Å². The van der Waals surface area contributed by atoms with Gasteiger partial charge in [0.1, 0.15) is 11.1 Å². The fraction of sp³-hybridized carbons (Fsp3) is 0.238. The van der Waals surface area contributed by atoms with E-state index in [4.69, 9.17) is 0 Å². The summed E-state index contributed by atoms with van der Waals surface area (Å²) in [4.78, 5) is 14.2. The van der Waals surface area contributed by atoms with Gasteiger partial charge in [0.2, 0.25) is 0 Å². The minimum Gasteiger partial charge on any atom is -0.312 e. The topological polar surface area (TPSA) is 52.9 Å². The van der Waals surface area contributed by atoms with Gasteiger partial charge in [-0.05, 0) is 53.6 Å². The fourth-order valence-electron chi connectivity index (χ4n) is 3.60. The Balaban J connectivity index is 1.72. The zero-order valence-electron chi connectivity index (χ0n) is 14.3. The van der Waals surface area contributed by atoms with Crippen LogP contribution in [0.3, 0.4) is 0 Å². The van der Waals surface area contributed by atoms with Gasteiger partial charge in [0.15, 0.2) is 0 Å². The summed E-state index contributed by atoms with van der Waals surface area (Å²) < 4.78 is 0.961. The van der Waals surface area contributed by atoms with Crippen molar-refractivity contribution in [2.75, 3.05) is 5.32 Å². The third kappa shape index (κ3) is 2.94. The zero-order valence-corrected chi connectivity index (χ0v) is 16.7. The van der Waals surface area contributed by atoms with Crippen molar-refractivity contribution in [3.8, 4) is 6.07 Å². The minimum absolute atomic E-state index is 0.170.